The Morgan fingerprint density at radius 2 is 1.72 bits per heavy atom. The topological polar surface area (TPSA) is 107 Å². The molecule has 134 valence electrons. The number of hydrogen-bond acceptors (Lipinski definition) is 5. The standard InChI is InChI=1S/C17H18FNO5S/c18-15-9-5-4-8-13(15)10-14(16(19)25(21,22)23)17(20)24-11-12-6-2-1-3-7-12/h1-9,14,16H,10-11,19H2,(H,21,22,23)/t14?,16-/m1/s1. The van der Waals surface area contributed by atoms with Gasteiger partial charge in [-0.3, -0.25) is 9.35 Å². The monoisotopic (exact) mass is 367 g/mol. The average molecular weight is 367 g/mol. The van der Waals surface area contributed by atoms with E-state index in [1.807, 2.05) is 0 Å². The lowest BCUT2D eigenvalue weighted by Gasteiger charge is -2.20. The Morgan fingerprint density at radius 1 is 1.12 bits per heavy atom. The van der Waals surface area contributed by atoms with Crippen molar-refractivity contribution in [2.75, 3.05) is 0 Å². The molecule has 25 heavy (non-hydrogen) atoms. The molecule has 0 heterocycles. The van der Waals surface area contributed by atoms with Gasteiger partial charge in [0.15, 0.2) is 0 Å². The SMILES string of the molecule is N[C@@H](C(Cc1ccccc1F)C(=O)OCc1ccccc1)S(=O)(=O)O. The van der Waals surface area contributed by atoms with Crippen LogP contribution in [0.1, 0.15) is 11.1 Å². The maximum atomic E-state index is 13.8. The summed E-state index contributed by atoms with van der Waals surface area (Å²) in [5, 5.41) is -1.92. The average Bonchev–Trinajstić information content (AvgIpc) is 2.58. The number of nitrogens with two attached hydrogens (primary N) is 1. The number of hydrogen-bond donors (Lipinski definition) is 2. The van der Waals surface area contributed by atoms with Crippen LogP contribution in [0.25, 0.3) is 0 Å². The van der Waals surface area contributed by atoms with Crippen LogP contribution < -0.4 is 5.73 Å². The van der Waals surface area contributed by atoms with Gasteiger partial charge in [0.05, 0.1) is 5.92 Å². The molecule has 0 saturated carbocycles. The number of carbonyl (C=O) groups is 1. The molecule has 0 aliphatic carbocycles. The van der Waals surface area contributed by atoms with Gasteiger partial charge < -0.3 is 10.5 Å². The maximum absolute atomic E-state index is 13.8. The lowest BCUT2D eigenvalue weighted by molar-refractivity contribution is -0.150. The van der Waals surface area contributed by atoms with E-state index in [0.717, 1.165) is 0 Å². The molecule has 2 aromatic carbocycles. The second-order valence-corrected chi connectivity index (χ2v) is 7.05. The molecule has 0 bridgehead atoms. The normalized spacial score (nSPS) is 13.9. The van der Waals surface area contributed by atoms with Gasteiger partial charge in [-0.2, -0.15) is 8.42 Å². The third-order valence-corrected chi connectivity index (χ3v) is 4.68. The molecule has 0 radical (unpaired) electrons. The van der Waals surface area contributed by atoms with Gasteiger partial charge in [-0.05, 0) is 23.6 Å². The summed E-state index contributed by atoms with van der Waals surface area (Å²) in [5.74, 6) is -2.99. The molecule has 0 aliphatic rings. The molecule has 1 unspecified atom stereocenters. The van der Waals surface area contributed by atoms with Crippen molar-refractivity contribution >= 4 is 16.1 Å². The third kappa shape index (κ3) is 5.35. The van der Waals surface area contributed by atoms with Gasteiger partial charge in [-0.1, -0.05) is 48.5 Å². The molecule has 6 nitrogen and oxygen atoms in total. The van der Waals surface area contributed by atoms with Gasteiger partial charge in [0, 0.05) is 0 Å². The van der Waals surface area contributed by atoms with Crippen molar-refractivity contribution in [3.8, 4) is 0 Å². The summed E-state index contributed by atoms with van der Waals surface area (Å²) >= 11 is 0. The minimum atomic E-state index is -4.71. The second kappa shape index (κ2) is 8.19. The fourth-order valence-electron chi connectivity index (χ4n) is 2.28. The summed E-state index contributed by atoms with van der Waals surface area (Å²) in [4.78, 5) is 12.3. The van der Waals surface area contributed by atoms with E-state index in [0.29, 0.717) is 5.56 Å². The van der Waals surface area contributed by atoms with Crippen molar-refractivity contribution in [3.05, 3.63) is 71.5 Å². The Morgan fingerprint density at radius 3 is 2.32 bits per heavy atom. The van der Waals surface area contributed by atoms with Crippen molar-refractivity contribution in [3.63, 3.8) is 0 Å². The van der Waals surface area contributed by atoms with E-state index in [2.05, 4.69) is 0 Å². The number of benzene rings is 2. The molecule has 3 N–H and O–H groups in total. The molecule has 2 atom stereocenters. The first-order valence-electron chi connectivity index (χ1n) is 7.45. The highest BCUT2D eigenvalue weighted by atomic mass is 32.2. The summed E-state index contributed by atoms with van der Waals surface area (Å²) in [6.45, 7) is -0.0916. The van der Waals surface area contributed by atoms with Crippen molar-refractivity contribution < 1.29 is 26.9 Å². The summed E-state index contributed by atoms with van der Waals surface area (Å²) in [7, 11) is -4.71. The molecular weight excluding hydrogens is 349 g/mol. The third-order valence-electron chi connectivity index (χ3n) is 3.66. The van der Waals surface area contributed by atoms with E-state index >= 15 is 0 Å². The Hall–Kier alpha value is -2.29. The molecule has 0 fully saturated rings. The zero-order valence-corrected chi connectivity index (χ0v) is 14.0. The molecular formula is C17H18FNO5S. The minimum Gasteiger partial charge on any atom is -0.461 e. The van der Waals surface area contributed by atoms with Crippen LogP contribution >= 0.6 is 0 Å². The van der Waals surface area contributed by atoms with Crippen LogP contribution in [0.3, 0.4) is 0 Å². The van der Waals surface area contributed by atoms with E-state index in [9.17, 15) is 22.2 Å². The Balaban J connectivity index is 2.18. The molecule has 0 aliphatic heterocycles. The van der Waals surface area contributed by atoms with Crippen LogP contribution in [0.15, 0.2) is 54.6 Å². The predicted octanol–water partition coefficient (Wildman–Crippen LogP) is 1.90. The van der Waals surface area contributed by atoms with Crippen LogP contribution in [-0.2, 0) is 32.7 Å². The fraction of sp³-hybridized carbons (Fsp3) is 0.235. The Bertz CT molecular complexity index is 826. The molecule has 0 amide bonds. The van der Waals surface area contributed by atoms with Crippen LogP contribution in [0.5, 0.6) is 0 Å². The first-order chi connectivity index (χ1) is 11.8. The lowest BCUT2D eigenvalue weighted by Crippen LogP contribution is -2.43. The van der Waals surface area contributed by atoms with Crippen LogP contribution in [0, 0.1) is 11.7 Å². The van der Waals surface area contributed by atoms with Crippen LogP contribution in [0.4, 0.5) is 4.39 Å². The maximum Gasteiger partial charge on any atom is 0.312 e. The van der Waals surface area contributed by atoms with E-state index < -0.39 is 33.2 Å². The number of carbonyl (C=O) groups excluding carboxylic acids is 1. The zero-order chi connectivity index (χ0) is 18.4. The molecule has 8 heteroatoms. The highest BCUT2D eigenvalue weighted by Crippen LogP contribution is 2.19. The lowest BCUT2D eigenvalue weighted by atomic mass is 9.99. The van der Waals surface area contributed by atoms with Crippen molar-refractivity contribution in [1.29, 1.82) is 0 Å². The van der Waals surface area contributed by atoms with Gasteiger partial charge >= 0.3 is 5.97 Å². The summed E-state index contributed by atoms with van der Waals surface area (Å²) in [5.41, 5.74) is 6.30. The van der Waals surface area contributed by atoms with Crippen molar-refractivity contribution in [2.45, 2.75) is 18.4 Å². The van der Waals surface area contributed by atoms with E-state index in [1.165, 1.54) is 18.2 Å². The van der Waals surface area contributed by atoms with E-state index in [1.54, 1.807) is 36.4 Å². The van der Waals surface area contributed by atoms with E-state index in [4.69, 9.17) is 10.5 Å². The molecule has 0 spiro atoms. The van der Waals surface area contributed by atoms with E-state index in [-0.39, 0.29) is 18.6 Å². The van der Waals surface area contributed by atoms with Gasteiger partial charge in [0.2, 0.25) is 0 Å². The number of esters is 1. The van der Waals surface area contributed by atoms with Gasteiger partial charge in [0.25, 0.3) is 10.1 Å². The first kappa shape index (κ1) is 19.0. The highest BCUT2D eigenvalue weighted by molar-refractivity contribution is 7.86. The minimum absolute atomic E-state index is 0.0916. The largest absolute Gasteiger partial charge is 0.461 e. The van der Waals surface area contributed by atoms with Crippen molar-refractivity contribution in [2.24, 2.45) is 11.7 Å². The van der Waals surface area contributed by atoms with Gasteiger partial charge in [0.1, 0.15) is 17.8 Å². The predicted molar refractivity (Wildman–Crippen MR) is 89.4 cm³/mol. The molecule has 2 rings (SSSR count). The first-order valence-corrected chi connectivity index (χ1v) is 8.95. The Labute approximate surface area is 145 Å². The summed E-state index contributed by atoms with van der Waals surface area (Å²) in [6, 6.07) is 14.3. The summed E-state index contributed by atoms with van der Waals surface area (Å²) in [6.07, 6.45) is -0.318. The highest BCUT2D eigenvalue weighted by Gasteiger charge is 2.36. The van der Waals surface area contributed by atoms with Crippen molar-refractivity contribution in [1.82, 2.24) is 0 Å². The molecule has 0 aromatic heterocycles. The number of rotatable bonds is 7. The number of halogens is 1. The zero-order valence-electron chi connectivity index (χ0n) is 13.2. The van der Waals surface area contributed by atoms with Gasteiger partial charge in [-0.15, -0.1) is 0 Å². The number of ether oxygens (including phenoxy) is 1. The molecule has 0 saturated heterocycles. The van der Waals surface area contributed by atoms with Gasteiger partial charge in [-0.25, -0.2) is 4.39 Å². The Kier molecular flexibility index (Phi) is 6.24. The summed E-state index contributed by atoms with van der Waals surface area (Å²) < 4.78 is 50.8. The smallest absolute Gasteiger partial charge is 0.312 e. The molecule has 2 aromatic rings. The van der Waals surface area contributed by atoms with Crippen LogP contribution in [-0.4, -0.2) is 24.3 Å². The quantitative estimate of drug-likeness (QED) is 0.572. The van der Waals surface area contributed by atoms with Crippen LogP contribution in [0.2, 0.25) is 0 Å². The fourth-order valence-corrected chi connectivity index (χ4v) is 2.90. The second-order valence-electron chi connectivity index (χ2n) is 5.47.